The van der Waals surface area contributed by atoms with Gasteiger partial charge in [0.25, 0.3) is 0 Å². The van der Waals surface area contributed by atoms with E-state index in [9.17, 15) is 0 Å². The SMILES string of the molecule is Cl.Cl.N=C(N)N1CCc2ccc(OCC3CCN(C(=N)Cc4ccccc4)CC3)cc2C1. The normalized spacial score (nSPS) is 15.8. The van der Waals surface area contributed by atoms with Crippen molar-refractivity contribution < 1.29 is 4.74 Å². The number of hydrogen-bond acceptors (Lipinski definition) is 3. The molecule has 0 aliphatic carbocycles. The van der Waals surface area contributed by atoms with Crippen LogP contribution >= 0.6 is 24.8 Å². The van der Waals surface area contributed by atoms with Gasteiger partial charge >= 0.3 is 0 Å². The third-order valence-electron chi connectivity index (χ3n) is 6.23. The average molecular weight is 478 g/mol. The maximum atomic E-state index is 8.42. The smallest absolute Gasteiger partial charge is 0.188 e. The zero-order chi connectivity index (χ0) is 20.9. The Balaban J connectivity index is 0.00000181. The van der Waals surface area contributed by atoms with Crippen LogP contribution in [0, 0.1) is 16.7 Å². The topological polar surface area (TPSA) is 89.4 Å². The summed E-state index contributed by atoms with van der Waals surface area (Å²) in [5.41, 5.74) is 9.38. The Kier molecular flexibility index (Phi) is 9.66. The minimum absolute atomic E-state index is 0. The lowest BCUT2D eigenvalue weighted by molar-refractivity contribution is 0.179. The van der Waals surface area contributed by atoms with Gasteiger partial charge < -0.3 is 20.3 Å². The molecule has 2 aliphatic rings. The highest BCUT2D eigenvalue weighted by atomic mass is 35.5. The number of nitrogens with one attached hydrogen (secondary N) is 2. The van der Waals surface area contributed by atoms with Gasteiger partial charge in [0.15, 0.2) is 5.96 Å². The maximum Gasteiger partial charge on any atom is 0.188 e. The summed E-state index contributed by atoms with van der Waals surface area (Å²) >= 11 is 0. The third-order valence-corrected chi connectivity index (χ3v) is 6.23. The summed E-state index contributed by atoms with van der Waals surface area (Å²) in [6.07, 6.45) is 3.73. The van der Waals surface area contributed by atoms with Gasteiger partial charge in [-0.2, -0.15) is 0 Å². The minimum atomic E-state index is 0. The van der Waals surface area contributed by atoms with Crippen molar-refractivity contribution >= 4 is 36.6 Å². The van der Waals surface area contributed by atoms with Crippen LogP contribution in [-0.2, 0) is 19.4 Å². The average Bonchev–Trinajstić information content (AvgIpc) is 2.78. The second-order valence-electron chi connectivity index (χ2n) is 8.34. The number of likely N-dealkylation sites (tertiary alicyclic amines) is 1. The maximum absolute atomic E-state index is 8.42. The lowest BCUT2D eigenvalue weighted by Crippen LogP contribution is -2.40. The Labute approximate surface area is 203 Å². The summed E-state index contributed by atoms with van der Waals surface area (Å²) < 4.78 is 6.12. The molecule has 1 fully saturated rings. The van der Waals surface area contributed by atoms with Gasteiger partial charge in [-0.15, -0.1) is 24.8 Å². The Bertz CT molecular complexity index is 901. The number of rotatable bonds is 5. The van der Waals surface area contributed by atoms with Gasteiger partial charge in [-0.05, 0) is 54.0 Å². The fraction of sp³-hybridized carbons (Fsp3) is 0.417. The summed E-state index contributed by atoms with van der Waals surface area (Å²) in [7, 11) is 0. The first-order valence-electron chi connectivity index (χ1n) is 10.8. The van der Waals surface area contributed by atoms with Crippen molar-refractivity contribution in [2.24, 2.45) is 11.7 Å². The first-order chi connectivity index (χ1) is 14.6. The molecule has 0 amide bonds. The van der Waals surface area contributed by atoms with E-state index in [2.05, 4.69) is 35.2 Å². The number of nitrogens with zero attached hydrogens (tertiary/aromatic N) is 2. The highest BCUT2D eigenvalue weighted by Gasteiger charge is 2.22. The molecule has 2 aromatic rings. The zero-order valence-corrected chi connectivity index (χ0v) is 19.9. The molecule has 174 valence electrons. The van der Waals surface area contributed by atoms with Crippen LogP contribution in [0.3, 0.4) is 0 Å². The van der Waals surface area contributed by atoms with Crippen LogP contribution in [0.2, 0.25) is 0 Å². The number of guanidine groups is 1. The number of fused-ring (bicyclic) bond motifs is 1. The van der Waals surface area contributed by atoms with Crippen LogP contribution in [0.1, 0.15) is 29.5 Å². The van der Waals surface area contributed by atoms with E-state index in [1.54, 1.807) is 0 Å². The Hall–Kier alpha value is -2.44. The van der Waals surface area contributed by atoms with Gasteiger partial charge in [0.2, 0.25) is 0 Å². The number of piperidine rings is 1. The predicted octanol–water partition coefficient (Wildman–Crippen LogP) is 4.09. The van der Waals surface area contributed by atoms with Gasteiger partial charge in [0, 0.05) is 32.6 Å². The molecule has 6 nitrogen and oxygen atoms in total. The molecule has 2 aliphatic heterocycles. The summed E-state index contributed by atoms with van der Waals surface area (Å²) in [6.45, 7) is 4.06. The minimum Gasteiger partial charge on any atom is -0.493 e. The van der Waals surface area contributed by atoms with Gasteiger partial charge in [-0.25, -0.2) is 0 Å². The molecule has 2 aromatic carbocycles. The van der Waals surface area contributed by atoms with Gasteiger partial charge in [-0.3, -0.25) is 10.8 Å². The molecule has 8 heteroatoms. The molecule has 0 unspecified atom stereocenters. The van der Waals surface area contributed by atoms with E-state index < -0.39 is 0 Å². The summed E-state index contributed by atoms with van der Waals surface area (Å²) in [6, 6.07) is 16.6. The number of amidine groups is 1. The van der Waals surface area contributed by atoms with Crippen molar-refractivity contribution in [1.82, 2.24) is 9.80 Å². The van der Waals surface area contributed by atoms with Crippen LogP contribution < -0.4 is 10.5 Å². The van der Waals surface area contributed by atoms with E-state index in [0.29, 0.717) is 24.7 Å². The molecule has 32 heavy (non-hydrogen) atoms. The summed E-state index contributed by atoms with van der Waals surface area (Å²) in [5, 5.41) is 16.1. The molecule has 4 N–H and O–H groups in total. The van der Waals surface area contributed by atoms with E-state index in [0.717, 1.165) is 51.3 Å². The predicted molar refractivity (Wildman–Crippen MR) is 135 cm³/mol. The van der Waals surface area contributed by atoms with Gasteiger partial charge in [-0.1, -0.05) is 36.4 Å². The Morgan fingerprint density at radius 3 is 2.34 bits per heavy atom. The second-order valence-corrected chi connectivity index (χ2v) is 8.34. The van der Waals surface area contributed by atoms with Crippen LogP contribution in [-0.4, -0.2) is 47.8 Å². The number of halogens is 2. The van der Waals surface area contributed by atoms with Crippen molar-refractivity contribution in [3.63, 3.8) is 0 Å². The molecule has 0 saturated carbocycles. The van der Waals surface area contributed by atoms with E-state index in [4.69, 9.17) is 21.3 Å². The van der Waals surface area contributed by atoms with Crippen LogP contribution in [0.4, 0.5) is 0 Å². The van der Waals surface area contributed by atoms with Crippen molar-refractivity contribution in [2.75, 3.05) is 26.2 Å². The molecule has 0 spiro atoms. The first kappa shape index (κ1) is 25.8. The van der Waals surface area contributed by atoms with Crippen LogP contribution in [0.15, 0.2) is 48.5 Å². The fourth-order valence-corrected chi connectivity index (χ4v) is 4.31. The van der Waals surface area contributed by atoms with E-state index in [1.165, 1.54) is 16.7 Å². The Morgan fingerprint density at radius 2 is 1.66 bits per heavy atom. The number of benzene rings is 2. The van der Waals surface area contributed by atoms with Crippen molar-refractivity contribution in [3.8, 4) is 5.75 Å². The van der Waals surface area contributed by atoms with E-state index in [-0.39, 0.29) is 30.8 Å². The standard InChI is InChI=1S/C24H31N5O.2ClH/c25-23(14-18-4-2-1-3-5-18)28-11-8-19(9-12-28)17-30-22-7-6-20-10-13-29(24(26)27)16-21(20)15-22;;/h1-7,15,19,25H,8-14,16-17H2,(H3,26,27);2*1H. The lowest BCUT2D eigenvalue weighted by atomic mass is 9.97. The van der Waals surface area contributed by atoms with Crippen molar-refractivity contribution in [3.05, 3.63) is 65.2 Å². The first-order valence-corrected chi connectivity index (χ1v) is 10.8. The zero-order valence-electron chi connectivity index (χ0n) is 18.3. The quantitative estimate of drug-likeness (QED) is 0.446. The molecule has 0 aromatic heterocycles. The number of nitrogens with two attached hydrogens (primary N) is 1. The molecule has 0 atom stereocenters. The molecule has 0 bridgehead atoms. The van der Waals surface area contributed by atoms with Gasteiger partial charge in [0.1, 0.15) is 11.6 Å². The fourth-order valence-electron chi connectivity index (χ4n) is 4.31. The molecular weight excluding hydrogens is 445 g/mol. The molecule has 2 heterocycles. The van der Waals surface area contributed by atoms with E-state index >= 15 is 0 Å². The summed E-state index contributed by atoms with van der Waals surface area (Å²) in [4.78, 5) is 4.10. The van der Waals surface area contributed by atoms with Crippen molar-refractivity contribution in [2.45, 2.75) is 32.2 Å². The van der Waals surface area contributed by atoms with E-state index in [1.807, 2.05) is 23.1 Å². The van der Waals surface area contributed by atoms with Crippen LogP contribution in [0.25, 0.3) is 0 Å². The highest BCUT2D eigenvalue weighted by Crippen LogP contribution is 2.25. The molecule has 4 rings (SSSR count). The second kappa shape index (κ2) is 12.0. The number of ether oxygens (including phenoxy) is 1. The van der Waals surface area contributed by atoms with Gasteiger partial charge in [0.05, 0.1) is 6.61 Å². The third kappa shape index (κ3) is 6.53. The Morgan fingerprint density at radius 1 is 0.938 bits per heavy atom. The molecular formula is C24H33Cl2N5O. The lowest BCUT2D eigenvalue weighted by Gasteiger charge is -2.34. The monoisotopic (exact) mass is 477 g/mol. The number of hydrogen-bond donors (Lipinski definition) is 3. The highest BCUT2D eigenvalue weighted by molar-refractivity contribution is 5.85. The molecule has 0 radical (unpaired) electrons. The largest absolute Gasteiger partial charge is 0.493 e. The van der Waals surface area contributed by atoms with Crippen molar-refractivity contribution in [1.29, 1.82) is 10.8 Å². The summed E-state index contributed by atoms with van der Waals surface area (Å²) in [5.74, 6) is 2.27. The van der Waals surface area contributed by atoms with Crippen LogP contribution in [0.5, 0.6) is 5.75 Å². The molecule has 1 saturated heterocycles.